The van der Waals surface area contributed by atoms with Crippen molar-refractivity contribution in [3.63, 3.8) is 0 Å². The van der Waals surface area contributed by atoms with Crippen molar-refractivity contribution in [2.75, 3.05) is 31.6 Å². The van der Waals surface area contributed by atoms with E-state index < -0.39 is 0 Å². The molecule has 2 aliphatic heterocycles. The van der Waals surface area contributed by atoms with Gasteiger partial charge in [-0.15, -0.1) is 12.4 Å². The number of methoxy groups -OCH3 is 1. The number of hydrogen-bond acceptors (Lipinski definition) is 6. The normalized spacial score (nSPS) is 22.0. The molecule has 1 amide bonds. The Morgan fingerprint density at radius 3 is 2.55 bits per heavy atom. The minimum absolute atomic E-state index is 0. The minimum atomic E-state index is -0.336. The van der Waals surface area contributed by atoms with E-state index in [1.165, 1.54) is 7.11 Å². The monoisotopic (exact) mass is 423 g/mol. The van der Waals surface area contributed by atoms with Crippen molar-refractivity contribution < 1.29 is 14.3 Å². The summed E-state index contributed by atoms with van der Waals surface area (Å²) >= 11 is 0. The molecule has 1 aromatic carbocycles. The second-order valence-electron chi connectivity index (χ2n) is 7.55. The smallest absolute Gasteiger partial charge is 0.306 e. The molecule has 160 valence electrons. The lowest BCUT2D eigenvalue weighted by Crippen LogP contribution is -2.46. The van der Waals surface area contributed by atoms with Crippen LogP contribution in [-0.4, -0.2) is 56.5 Å². The molecule has 0 saturated carbocycles. The van der Waals surface area contributed by atoms with Gasteiger partial charge < -0.3 is 26.0 Å². The first kappa shape index (κ1) is 23.0. The van der Waals surface area contributed by atoms with Gasteiger partial charge in [0.15, 0.2) is 0 Å². The van der Waals surface area contributed by atoms with E-state index in [1.807, 2.05) is 24.3 Å². The van der Waals surface area contributed by atoms with Crippen LogP contribution in [-0.2, 0) is 14.3 Å². The predicted molar refractivity (Wildman–Crippen MR) is 115 cm³/mol. The van der Waals surface area contributed by atoms with Gasteiger partial charge in [0.2, 0.25) is 5.91 Å². The Labute approximate surface area is 177 Å². The van der Waals surface area contributed by atoms with E-state index in [4.69, 9.17) is 11.1 Å². The molecule has 2 heterocycles. The second-order valence-corrected chi connectivity index (χ2v) is 7.55. The van der Waals surface area contributed by atoms with Gasteiger partial charge in [-0.1, -0.05) is 0 Å². The number of amidine groups is 1. The van der Waals surface area contributed by atoms with Gasteiger partial charge in [0.25, 0.3) is 0 Å². The van der Waals surface area contributed by atoms with Crippen molar-refractivity contribution in [2.45, 2.75) is 37.8 Å². The second kappa shape index (κ2) is 10.5. The number of anilines is 1. The fourth-order valence-corrected chi connectivity index (χ4v) is 3.93. The number of benzene rings is 1. The molecule has 0 radical (unpaired) electrons. The fourth-order valence-electron chi connectivity index (χ4n) is 3.93. The summed E-state index contributed by atoms with van der Waals surface area (Å²) in [7, 11) is 1.35. The number of hydrogen-bond donors (Lipinski definition) is 4. The molecule has 2 fully saturated rings. The molecule has 2 aliphatic rings. The van der Waals surface area contributed by atoms with Crippen LogP contribution < -0.4 is 21.3 Å². The molecule has 0 bridgehead atoms. The molecule has 0 aliphatic carbocycles. The number of nitrogens with zero attached hydrogens (tertiary/aromatic N) is 1. The lowest BCUT2D eigenvalue weighted by atomic mass is 10.00. The van der Waals surface area contributed by atoms with E-state index in [-0.39, 0.29) is 48.5 Å². The third kappa shape index (κ3) is 6.08. The van der Waals surface area contributed by atoms with Crippen LogP contribution in [0, 0.1) is 11.3 Å². The molecular weight excluding hydrogens is 394 g/mol. The Kier molecular flexibility index (Phi) is 8.28. The molecule has 9 heteroatoms. The van der Waals surface area contributed by atoms with E-state index >= 15 is 0 Å². The summed E-state index contributed by atoms with van der Waals surface area (Å²) in [5.41, 5.74) is 7.40. The number of halogens is 1. The zero-order chi connectivity index (χ0) is 20.1. The van der Waals surface area contributed by atoms with Gasteiger partial charge in [-0.25, -0.2) is 0 Å². The summed E-state index contributed by atoms with van der Waals surface area (Å²) < 4.78 is 4.66. The third-order valence-electron chi connectivity index (χ3n) is 5.62. The number of piperidine rings is 1. The Hall–Kier alpha value is -2.32. The number of nitrogens with one attached hydrogen (secondary N) is 3. The van der Waals surface area contributed by atoms with E-state index in [0.717, 1.165) is 43.7 Å². The number of nitrogens with two attached hydrogens (primary N) is 1. The van der Waals surface area contributed by atoms with Crippen LogP contribution in [0.2, 0.25) is 0 Å². The van der Waals surface area contributed by atoms with Crippen molar-refractivity contribution in [1.29, 1.82) is 5.41 Å². The highest BCUT2D eigenvalue weighted by Gasteiger charge is 2.34. The quantitative estimate of drug-likeness (QED) is 0.295. The van der Waals surface area contributed by atoms with Crippen molar-refractivity contribution in [1.82, 2.24) is 10.6 Å². The molecule has 2 saturated heterocycles. The molecule has 5 N–H and O–H groups in total. The van der Waals surface area contributed by atoms with E-state index in [0.29, 0.717) is 12.5 Å². The van der Waals surface area contributed by atoms with Gasteiger partial charge in [-0.2, -0.15) is 0 Å². The average molecular weight is 424 g/mol. The van der Waals surface area contributed by atoms with Crippen LogP contribution in [0.25, 0.3) is 0 Å². The third-order valence-corrected chi connectivity index (χ3v) is 5.62. The number of rotatable bonds is 7. The summed E-state index contributed by atoms with van der Waals surface area (Å²) in [5, 5.41) is 14.0. The van der Waals surface area contributed by atoms with Crippen molar-refractivity contribution >= 4 is 35.8 Å². The molecule has 8 nitrogen and oxygen atoms in total. The molecular formula is C20H30ClN5O3. The molecule has 29 heavy (non-hydrogen) atoms. The SMILES string of the molecule is COC(=O)C[C@@H]1C[C@@H](CNC2CCN(c3ccc(C(=N)N)cc3)CC2)NC1=O.Cl. The van der Waals surface area contributed by atoms with E-state index in [9.17, 15) is 9.59 Å². The van der Waals surface area contributed by atoms with Gasteiger partial charge in [0.05, 0.1) is 19.4 Å². The molecule has 0 spiro atoms. The van der Waals surface area contributed by atoms with Gasteiger partial charge in [-0.3, -0.25) is 15.0 Å². The van der Waals surface area contributed by atoms with Gasteiger partial charge in [-0.05, 0) is 43.5 Å². The van der Waals surface area contributed by atoms with Crippen LogP contribution in [0.5, 0.6) is 0 Å². The van der Waals surface area contributed by atoms with Crippen LogP contribution >= 0.6 is 12.4 Å². The van der Waals surface area contributed by atoms with Crippen LogP contribution in [0.4, 0.5) is 5.69 Å². The first-order valence-corrected chi connectivity index (χ1v) is 9.76. The molecule has 2 atom stereocenters. The maximum Gasteiger partial charge on any atom is 0.306 e. The number of amides is 1. The molecule has 1 aromatic rings. The zero-order valence-corrected chi connectivity index (χ0v) is 17.5. The number of carbonyl (C=O) groups excluding carboxylic acids is 2. The lowest BCUT2D eigenvalue weighted by Gasteiger charge is -2.34. The summed E-state index contributed by atoms with van der Waals surface area (Å²) in [6.45, 7) is 2.64. The maximum absolute atomic E-state index is 12.0. The number of nitrogen functional groups attached to an aromatic ring is 1. The predicted octanol–water partition coefficient (Wildman–Crippen LogP) is 1.02. The number of carbonyl (C=O) groups is 2. The van der Waals surface area contributed by atoms with E-state index in [2.05, 4.69) is 20.3 Å². The first-order chi connectivity index (χ1) is 13.5. The van der Waals surface area contributed by atoms with Crippen molar-refractivity contribution in [2.24, 2.45) is 11.7 Å². The Morgan fingerprint density at radius 1 is 1.31 bits per heavy atom. The zero-order valence-electron chi connectivity index (χ0n) is 16.6. The van der Waals surface area contributed by atoms with Crippen molar-refractivity contribution in [3.05, 3.63) is 29.8 Å². The molecule has 0 unspecified atom stereocenters. The lowest BCUT2D eigenvalue weighted by molar-refractivity contribution is -0.143. The van der Waals surface area contributed by atoms with Crippen LogP contribution in [0.15, 0.2) is 24.3 Å². The summed E-state index contributed by atoms with van der Waals surface area (Å²) in [5.74, 6) is -0.583. The number of ether oxygens (including phenoxy) is 1. The standard InChI is InChI=1S/C20H29N5O3.ClH/c1-28-18(26)11-14-10-16(24-20(14)27)12-23-15-6-8-25(9-7-15)17-4-2-13(3-5-17)19(21)22;/h2-5,14-16,23H,6-12H2,1H3,(H3,21,22)(H,24,27);1H/t14-,16-;/m0./s1. The Bertz CT molecular complexity index is 719. The highest BCUT2D eigenvalue weighted by Crippen LogP contribution is 2.22. The largest absolute Gasteiger partial charge is 0.469 e. The first-order valence-electron chi connectivity index (χ1n) is 9.76. The van der Waals surface area contributed by atoms with Crippen molar-refractivity contribution in [3.8, 4) is 0 Å². The van der Waals surface area contributed by atoms with E-state index in [1.54, 1.807) is 0 Å². The van der Waals surface area contributed by atoms with Gasteiger partial charge >= 0.3 is 5.97 Å². The molecule has 0 aromatic heterocycles. The minimum Gasteiger partial charge on any atom is -0.469 e. The van der Waals surface area contributed by atoms with Crippen LogP contribution in [0.1, 0.15) is 31.2 Å². The fraction of sp³-hybridized carbons (Fsp3) is 0.550. The Balaban J connectivity index is 0.00000300. The van der Waals surface area contributed by atoms with Crippen LogP contribution in [0.3, 0.4) is 0 Å². The van der Waals surface area contributed by atoms with Gasteiger partial charge in [0.1, 0.15) is 5.84 Å². The summed E-state index contributed by atoms with van der Waals surface area (Å²) in [6.07, 6.45) is 2.88. The average Bonchev–Trinajstić information content (AvgIpc) is 3.06. The Morgan fingerprint density at radius 2 is 1.97 bits per heavy atom. The highest BCUT2D eigenvalue weighted by atomic mass is 35.5. The highest BCUT2D eigenvalue weighted by molar-refractivity contribution is 5.95. The summed E-state index contributed by atoms with van der Waals surface area (Å²) in [6, 6.07) is 8.29. The summed E-state index contributed by atoms with van der Waals surface area (Å²) in [4.78, 5) is 25.7. The number of esters is 1. The molecule has 3 rings (SSSR count). The topological polar surface area (TPSA) is 121 Å². The maximum atomic E-state index is 12.0. The van der Waals surface area contributed by atoms with Gasteiger partial charge in [0, 0.05) is 43.0 Å².